The molecule has 0 radical (unpaired) electrons. The first-order valence-electron chi connectivity index (χ1n) is 11.0. The molecule has 2 atom stereocenters. The Bertz CT molecular complexity index is 1130. The Morgan fingerprint density at radius 2 is 2.15 bits per heavy atom. The van der Waals surface area contributed by atoms with Crippen LogP contribution in [0.3, 0.4) is 0 Å². The number of nitrogens with one attached hydrogen (secondary N) is 1. The number of benzene rings is 1. The van der Waals surface area contributed by atoms with E-state index in [9.17, 15) is 18.8 Å². The molecule has 0 spiro atoms. The third-order valence-electron chi connectivity index (χ3n) is 6.43. The van der Waals surface area contributed by atoms with Gasteiger partial charge in [0.1, 0.15) is 17.7 Å². The molecule has 1 fully saturated rings. The minimum atomic E-state index is -1.61. The van der Waals surface area contributed by atoms with E-state index in [2.05, 4.69) is 5.32 Å². The Labute approximate surface area is 196 Å². The van der Waals surface area contributed by atoms with Gasteiger partial charge in [-0.15, -0.1) is 0 Å². The summed E-state index contributed by atoms with van der Waals surface area (Å²) in [4.78, 5) is 16.2. The predicted molar refractivity (Wildman–Crippen MR) is 122 cm³/mol. The number of carbonyl (C=O) groups is 1. The van der Waals surface area contributed by atoms with Crippen LogP contribution in [0.4, 0.5) is 8.78 Å². The van der Waals surface area contributed by atoms with Gasteiger partial charge in [0.05, 0.1) is 36.4 Å². The SMILES string of the molecule is CC1(F)C=CC=CN(C(=O)CN2CNC3=C(C2)C(c2ccc(F)c(Cl)c2)=C[N+]3([O-])C2CC2)C1. The summed E-state index contributed by atoms with van der Waals surface area (Å²) in [5, 5.41) is 17.0. The molecule has 4 aliphatic rings. The first-order chi connectivity index (χ1) is 15.7. The topological polar surface area (TPSA) is 58.6 Å². The first kappa shape index (κ1) is 22.3. The smallest absolute Gasteiger partial charge is 0.240 e. The van der Waals surface area contributed by atoms with E-state index >= 15 is 0 Å². The molecule has 3 aliphatic heterocycles. The lowest BCUT2D eigenvalue weighted by atomic mass is 9.99. The van der Waals surface area contributed by atoms with E-state index in [-0.39, 0.29) is 30.1 Å². The van der Waals surface area contributed by atoms with Crippen LogP contribution >= 0.6 is 11.6 Å². The number of hydrogen-bond acceptors (Lipinski definition) is 4. The minimum Gasteiger partial charge on any atom is -0.621 e. The average molecular weight is 475 g/mol. The zero-order chi connectivity index (χ0) is 23.4. The van der Waals surface area contributed by atoms with Crippen molar-refractivity contribution in [2.45, 2.75) is 31.5 Å². The lowest BCUT2D eigenvalue weighted by Crippen LogP contribution is -2.51. The van der Waals surface area contributed by atoms with Crippen LogP contribution in [-0.4, -0.2) is 58.4 Å². The maximum absolute atomic E-state index is 14.5. The Morgan fingerprint density at radius 1 is 1.36 bits per heavy atom. The summed E-state index contributed by atoms with van der Waals surface area (Å²) in [5.41, 5.74) is 0.535. The van der Waals surface area contributed by atoms with E-state index in [1.165, 1.54) is 30.0 Å². The van der Waals surface area contributed by atoms with Gasteiger partial charge in [0.15, 0.2) is 0 Å². The molecule has 0 bridgehead atoms. The van der Waals surface area contributed by atoms with Crippen molar-refractivity contribution in [2.75, 3.05) is 26.3 Å². The molecule has 6 nitrogen and oxygen atoms in total. The van der Waals surface area contributed by atoms with Crippen molar-refractivity contribution in [1.29, 1.82) is 0 Å². The van der Waals surface area contributed by atoms with Crippen LogP contribution in [0, 0.1) is 11.0 Å². The molecule has 3 heterocycles. The standard InChI is InChI=1S/C24H25ClF2N4O2/c1-24(27)8-2-3-9-30(14-24)22(32)12-29-11-18-19(16-4-7-21(26)20(25)10-16)13-31(33,17-5-6-17)23(18)28-15-29/h2-4,7-10,13,17,28H,5-6,11-12,14-15H2,1H3. The highest BCUT2D eigenvalue weighted by Crippen LogP contribution is 2.47. The van der Waals surface area contributed by atoms with Gasteiger partial charge >= 0.3 is 0 Å². The van der Waals surface area contributed by atoms with Crippen molar-refractivity contribution in [2.24, 2.45) is 0 Å². The van der Waals surface area contributed by atoms with Gasteiger partial charge in [-0.1, -0.05) is 23.7 Å². The van der Waals surface area contributed by atoms with Crippen molar-refractivity contribution in [3.63, 3.8) is 0 Å². The fraction of sp³-hybridized carbons (Fsp3) is 0.375. The molecule has 0 saturated heterocycles. The summed E-state index contributed by atoms with van der Waals surface area (Å²) < 4.78 is 27.7. The van der Waals surface area contributed by atoms with E-state index in [4.69, 9.17) is 11.6 Å². The molecular weight excluding hydrogens is 450 g/mol. The number of amides is 1. The number of nitrogens with zero attached hydrogens (tertiary/aromatic N) is 3. The maximum atomic E-state index is 14.5. The van der Waals surface area contributed by atoms with Crippen LogP contribution in [0.5, 0.6) is 0 Å². The molecule has 1 aromatic rings. The van der Waals surface area contributed by atoms with Gasteiger partial charge < -0.3 is 15.4 Å². The van der Waals surface area contributed by atoms with Gasteiger partial charge in [0, 0.05) is 31.2 Å². The molecule has 1 saturated carbocycles. The third kappa shape index (κ3) is 4.24. The largest absolute Gasteiger partial charge is 0.621 e. The minimum absolute atomic E-state index is 0.00972. The van der Waals surface area contributed by atoms with E-state index in [1.807, 2.05) is 4.90 Å². The van der Waals surface area contributed by atoms with Gasteiger partial charge in [-0.05, 0) is 36.8 Å². The molecule has 33 heavy (non-hydrogen) atoms. The quantitative estimate of drug-likeness (QED) is 0.529. The zero-order valence-corrected chi connectivity index (χ0v) is 19.0. The molecule has 0 aromatic heterocycles. The number of rotatable bonds is 4. The fourth-order valence-electron chi connectivity index (χ4n) is 4.60. The second-order valence-corrected chi connectivity index (χ2v) is 9.67. The number of halogens is 3. The van der Waals surface area contributed by atoms with Crippen molar-refractivity contribution in [1.82, 2.24) is 15.1 Å². The van der Waals surface area contributed by atoms with Crippen molar-refractivity contribution in [3.05, 3.63) is 81.8 Å². The molecule has 174 valence electrons. The van der Waals surface area contributed by atoms with Gasteiger partial charge in [0.2, 0.25) is 11.7 Å². The summed E-state index contributed by atoms with van der Waals surface area (Å²) in [5.74, 6) is -0.179. The Kier molecular flexibility index (Phi) is 5.44. The summed E-state index contributed by atoms with van der Waals surface area (Å²) in [6.07, 6.45) is 9.61. The van der Waals surface area contributed by atoms with Crippen molar-refractivity contribution < 1.29 is 18.2 Å². The lowest BCUT2D eigenvalue weighted by molar-refractivity contribution is -0.802. The first-order valence-corrected chi connectivity index (χ1v) is 11.4. The molecule has 1 N–H and O–H groups in total. The Morgan fingerprint density at radius 3 is 2.88 bits per heavy atom. The molecule has 1 aromatic carbocycles. The molecule has 1 amide bonds. The van der Waals surface area contributed by atoms with Gasteiger partial charge in [-0.2, -0.15) is 0 Å². The number of carbonyl (C=O) groups excluding carboxylic acids is 1. The number of alkyl halides is 1. The molecule has 5 rings (SSSR count). The Hall–Kier alpha value is -2.52. The van der Waals surface area contributed by atoms with E-state index in [1.54, 1.807) is 30.6 Å². The zero-order valence-electron chi connectivity index (χ0n) is 18.2. The second kappa shape index (κ2) is 8.06. The van der Waals surface area contributed by atoms with Crippen molar-refractivity contribution in [3.8, 4) is 0 Å². The van der Waals surface area contributed by atoms with Crippen LogP contribution in [0.25, 0.3) is 5.57 Å². The summed E-state index contributed by atoms with van der Waals surface area (Å²) >= 11 is 6.01. The summed E-state index contributed by atoms with van der Waals surface area (Å²) in [6, 6.07) is 4.39. The van der Waals surface area contributed by atoms with Crippen LogP contribution in [0.2, 0.25) is 5.02 Å². The highest BCUT2D eigenvalue weighted by atomic mass is 35.5. The van der Waals surface area contributed by atoms with E-state index in [0.717, 1.165) is 18.4 Å². The molecule has 9 heteroatoms. The Balaban J connectivity index is 1.39. The van der Waals surface area contributed by atoms with Gasteiger partial charge in [0.25, 0.3) is 0 Å². The average Bonchev–Trinajstić information content (AvgIpc) is 3.59. The second-order valence-electron chi connectivity index (χ2n) is 9.26. The number of hydrogen-bond donors (Lipinski definition) is 1. The summed E-state index contributed by atoms with van der Waals surface area (Å²) in [6.45, 7) is 2.13. The van der Waals surface area contributed by atoms with Crippen molar-refractivity contribution >= 4 is 23.1 Å². The highest BCUT2D eigenvalue weighted by molar-refractivity contribution is 6.30. The normalized spacial score (nSPS) is 29.6. The number of allylic oxidation sites excluding steroid dienone is 2. The van der Waals surface area contributed by atoms with Gasteiger partial charge in [-0.25, -0.2) is 8.78 Å². The summed E-state index contributed by atoms with van der Waals surface area (Å²) in [7, 11) is 0. The highest BCUT2D eigenvalue weighted by Gasteiger charge is 2.48. The number of hydroxylamine groups is 3. The fourth-order valence-corrected chi connectivity index (χ4v) is 4.78. The van der Waals surface area contributed by atoms with Crippen LogP contribution < -0.4 is 5.32 Å². The predicted octanol–water partition coefficient (Wildman–Crippen LogP) is 4.03. The lowest BCUT2D eigenvalue weighted by Gasteiger charge is -2.41. The number of quaternary nitrogens is 1. The third-order valence-corrected chi connectivity index (χ3v) is 6.72. The van der Waals surface area contributed by atoms with E-state index < -0.39 is 16.1 Å². The molecule has 2 unspecified atom stereocenters. The van der Waals surface area contributed by atoms with Crippen LogP contribution in [0.1, 0.15) is 25.3 Å². The maximum Gasteiger partial charge on any atom is 0.240 e. The molecule has 1 aliphatic carbocycles. The van der Waals surface area contributed by atoms with Gasteiger partial charge in [-0.3, -0.25) is 14.3 Å². The van der Waals surface area contributed by atoms with E-state index in [0.29, 0.717) is 30.2 Å². The van der Waals surface area contributed by atoms with Crippen LogP contribution in [0.15, 0.2) is 60.2 Å². The van der Waals surface area contributed by atoms with Crippen LogP contribution in [-0.2, 0) is 4.79 Å². The monoisotopic (exact) mass is 474 g/mol. The molecular formula is C24H25ClF2N4O2.